The Labute approximate surface area is 221 Å². The van der Waals surface area contributed by atoms with Crippen molar-refractivity contribution in [3.8, 4) is 11.5 Å². The average molecular weight is 521 g/mol. The first-order valence-electron chi connectivity index (χ1n) is 11.7. The number of carbonyl (C=O) groups is 2. The highest BCUT2D eigenvalue weighted by molar-refractivity contribution is 6.34. The number of phenolic OH excluding ortho intramolecular Hbond substituents is 1. The molecule has 3 aromatic carbocycles. The Morgan fingerprint density at radius 2 is 1.70 bits per heavy atom. The molecule has 0 fully saturated rings. The summed E-state index contributed by atoms with van der Waals surface area (Å²) in [5.41, 5.74) is 4.93. The Balaban J connectivity index is 1.84. The summed E-state index contributed by atoms with van der Waals surface area (Å²) in [6.07, 6.45) is 2.92. The van der Waals surface area contributed by atoms with E-state index >= 15 is 0 Å². The number of phenols is 1. The van der Waals surface area contributed by atoms with Gasteiger partial charge in [-0.2, -0.15) is 5.10 Å². The molecule has 0 unspecified atom stereocenters. The van der Waals surface area contributed by atoms with E-state index < -0.39 is 11.8 Å². The number of nitrogens with zero attached hydrogens (tertiary/aromatic N) is 2. The van der Waals surface area contributed by atoms with E-state index in [1.165, 1.54) is 19.4 Å². The lowest BCUT2D eigenvalue weighted by Gasteiger charge is -2.21. The zero-order valence-electron chi connectivity index (χ0n) is 20.9. The maximum atomic E-state index is 13.0. The molecule has 2 amide bonds. The number of hydrogen-bond donors (Lipinski definition) is 3. The smallest absolute Gasteiger partial charge is 0.287 e. The molecule has 0 aromatic heterocycles. The number of ether oxygens (including phenoxy) is 1. The first-order valence-corrected chi connectivity index (χ1v) is 12.1. The quantitative estimate of drug-likeness (QED) is 0.202. The summed E-state index contributed by atoms with van der Waals surface area (Å²) in [5.74, 6) is -0.905. The number of rotatable bonds is 10. The third kappa shape index (κ3) is 7.35. The Morgan fingerprint density at radius 3 is 2.32 bits per heavy atom. The molecule has 0 saturated heterocycles. The van der Waals surface area contributed by atoms with Gasteiger partial charge >= 0.3 is 0 Å². The van der Waals surface area contributed by atoms with Crippen molar-refractivity contribution in [1.82, 2.24) is 10.7 Å². The van der Waals surface area contributed by atoms with Crippen molar-refractivity contribution in [3.05, 3.63) is 94.1 Å². The lowest BCUT2D eigenvalue weighted by atomic mass is 10.1. The summed E-state index contributed by atoms with van der Waals surface area (Å²) in [4.78, 5) is 28.1. The van der Waals surface area contributed by atoms with Gasteiger partial charge in [0.15, 0.2) is 11.5 Å². The first-order chi connectivity index (χ1) is 17.9. The number of methoxy groups -OCH3 is 1. The number of carbonyl (C=O) groups excluding carboxylic acids is 2. The second-order valence-electron chi connectivity index (χ2n) is 7.89. The predicted octanol–water partition coefficient (Wildman–Crippen LogP) is 4.82. The van der Waals surface area contributed by atoms with Crippen LogP contribution in [-0.4, -0.2) is 43.3 Å². The van der Waals surface area contributed by atoms with Crippen LogP contribution >= 0.6 is 11.6 Å². The Kier molecular flexibility index (Phi) is 9.69. The Morgan fingerprint density at radius 1 is 1.03 bits per heavy atom. The summed E-state index contributed by atoms with van der Waals surface area (Å²) in [7, 11) is 1.45. The molecule has 9 heteroatoms. The van der Waals surface area contributed by atoms with Crippen LogP contribution in [0.1, 0.15) is 35.3 Å². The van der Waals surface area contributed by atoms with E-state index in [1.54, 1.807) is 42.5 Å². The van der Waals surface area contributed by atoms with E-state index in [4.69, 9.17) is 16.3 Å². The van der Waals surface area contributed by atoms with E-state index in [1.807, 2.05) is 24.3 Å². The largest absolute Gasteiger partial charge is 0.504 e. The normalized spacial score (nSPS) is 11.3. The highest BCUT2D eigenvalue weighted by atomic mass is 35.5. The van der Waals surface area contributed by atoms with Gasteiger partial charge in [-0.25, -0.2) is 5.43 Å². The third-order valence-electron chi connectivity index (χ3n) is 5.53. The summed E-state index contributed by atoms with van der Waals surface area (Å²) < 4.78 is 5.02. The molecule has 8 nitrogen and oxygen atoms in total. The molecule has 3 rings (SSSR count). The summed E-state index contributed by atoms with van der Waals surface area (Å²) in [5, 5.41) is 16.8. The number of hydrazone groups is 1. The Hall–Kier alpha value is -4.30. The fourth-order valence-corrected chi connectivity index (χ4v) is 3.76. The topological polar surface area (TPSA) is 103 Å². The van der Waals surface area contributed by atoms with Crippen molar-refractivity contribution < 1.29 is 19.4 Å². The number of amides is 2. The van der Waals surface area contributed by atoms with Crippen LogP contribution in [0.4, 0.5) is 5.69 Å². The second kappa shape index (κ2) is 13.1. The standard InChI is InChI=1S/C28H29ClN4O4/c1-4-33(5-2)21-13-10-19(11-14-21)16-24(31-27(35)22-8-6-7-9-23(22)29)28(36)32-30-18-20-12-15-26(37-3)25(34)17-20/h6-18,34H,4-5H2,1-3H3,(H,31,35)(H,32,36). The second-order valence-corrected chi connectivity index (χ2v) is 8.29. The minimum Gasteiger partial charge on any atom is -0.504 e. The van der Waals surface area contributed by atoms with Crippen molar-refractivity contribution in [2.24, 2.45) is 5.10 Å². The van der Waals surface area contributed by atoms with E-state index in [2.05, 4.69) is 34.6 Å². The van der Waals surface area contributed by atoms with Crippen LogP contribution in [0, 0.1) is 0 Å². The maximum absolute atomic E-state index is 13.0. The summed E-state index contributed by atoms with van der Waals surface area (Å²) >= 11 is 6.16. The first kappa shape index (κ1) is 27.3. The summed E-state index contributed by atoms with van der Waals surface area (Å²) in [6, 6.07) is 18.9. The van der Waals surface area contributed by atoms with E-state index in [0.717, 1.165) is 18.8 Å². The van der Waals surface area contributed by atoms with Crippen LogP contribution in [0.25, 0.3) is 6.08 Å². The van der Waals surface area contributed by atoms with Crippen molar-refractivity contribution >= 4 is 41.4 Å². The highest BCUT2D eigenvalue weighted by Gasteiger charge is 2.16. The highest BCUT2D eigenvalue weighted by Crippen LogP contribution is 2.25. The van der Waals surface area contributed by atoms with Gasteiger partial charge in [-0.15, -0.1) is 0 Å². The molecule has 0 aliphatic carbocycles. The molecule has 0 spiro atoms. The van der Waals surface area contributed by atoms with Crippen molar-refractivity contribution in [2.45, 2.75) is 13.8 Å². The summed E-state index contributed by atoms with van der Waals surface area (Å²) in [6.45, 7) is 5.91. The minimum absolute atomic E-state index is 0.0183. The molecule has 0 aliphatic rings. The predicted molar refractivity (Wildman–Crippen MR) is 147 cm³/mol. The van der Waals surface area contributed by atoms with E-state index in [9.17, 15) is 14.7 Å². The lowest BCUT2D eigenvalue weighted by molar-refractivity contribution is -0.117. The number of aromatic hydroxyl groups is 1. The molecule has 0 atom stereocenters. The van der Waals surface area contributed by atoms with Gasteiger partial charge in [0.2, 0.25) is 0 Å². The molecule has 0 radical (unpaired) electrons. The average Bonchev–Trinajstić information content (AvgIpc) is 2.90. The minimum atomic E-state index is -0.637. The number of nitrogens with one attached hydrogen (secondary N) is 2. The van der Waals surface area contributed by atoms with Crippen molar-refractivity contribution in [1.29, 1.82) is 0 Å². The third-order valence-corrected chi connectivity index (χ3v) is 5.86. The zero-order valence-corrected chi connectivity index (χ0v) is 21.6. The number of hydrogen-bond acceptors (Lipinski definition) is 6. The van der Waals surface area contributed by atoms with Crippen LogP contribution in [0.15, 0.2) is 77.5 Å². The number of anilines is 1. The zero-order chi connectivity index (χ0) is 26.8. The van der Waals surface area contributed by atoms with Gasteiger partial charge in [-0.1, -0.05) is 35.9 Å². The van der Waals surface area contributed by atoms with Crippen LogP contribution < -0.4 is 20.4 Å². The maximum Gasteiger partial charge on any atom is 0.287 e. The molecule has 3 aromatic rings. The van der Waals surface area contributed by atoms with Gasteiger partial charge in [0.1, 0.15) is 5.70 Å². The van der Waals surface area contributed by atoms with Gasteiger partial charge in [0, 0.05) is 18.8 Å². The molecule has 0 heterocycles. The molecular formula is C28H29ClN4O4. The van der Waals surface area contributed by atoms with Gasteiger partial charge in [-0.05, 0) is 73.5 Å². The fraction of sp³-hybridized carbons (Fsp3) is 0.179. The monoisotopic (exact) mass is 520 g/mol. The molecule has 3 N–H and O–H groups in total. The molecule has 37 heavy (non-hydrogen) atoms. The van der Waals surface area contributed by atoms with E-state index in [0.29, 0.717) is 16.9 Å². The molecule has 192 valence electrons. The lowest BCUT2D eigenvalue weighted by Crippen LogP contribution is -2.33. The fourth-order valence-electron chi connectivity index (χ4n) is 3.54. The van der Waals surface area contributed by atoms with Crippen LogP contribution in [0.2, 0.25) is 5.02 Å². The van der Waals surface area contributed by atoms with Crippen LogP contribution in [0.3, 0.4) is 0 Å². The Bertz CT molecular complexity index is 1300. The SMILES string of the molecule is CCN(CC)c1ccc(C=C(NC(=O)c2ccccc2Cl)C(=O)NN=Cc2ccc(OC)c(O)c2)cc1. The van der Waals surface area contributed by atoms with Crippen LogP contribution in [-0.2, 0) is 4.79 Å². The molecule has 0 aliphatic heterocycles. The van der Waals surface area contributed by atoms with Gasteiger partial charge < -0.3 is 20.1 Å². The number of benzene rings is 3. The molecule has 0 saturated carbocycles. The van der Waals surface area contributed by atoms with Crippen molar-refractivity contribution in [3.63, 3.8) is 0 Å². The van der Waals surface area contributed by atoms with Crippen molar-refractivity contribution in [2.75, 3.05) is 25.1 Å². The van der Waals surface area contributed by atoms with Gasteiger partial charge in [0.05, 0.1) is 23.9 Å². The molecule has 0 bridgehead atoms. The molecular weight excluding hydrogens is 492 g/mol. The number of halogens is 1. The van der Waals surface area contributed by atoms with Crippen LogP contribution in [0.5, 0.6) is 11.5 Å². The van der Waals surface area contributed by atoms with E-state index in [-0.39, 0.29) is 22.0 Å². The van der Waals surface area contributed by atoms with Gasteiger partial charge in [-0.3, -0.25) is 9.59 Å². The van der Waals surface area contributed by atoms with Gasteiger partial charge in [0.25, 0.3) is 11.8 Å².